The first-order chi connectivity index (χ1) is 10.6. The zero-order valence-electron chi connectivity index (χ0n) is 12.9. The first kappa shape index (κ1) is 16.9. The highest BCUT2D eigenvalue weighted by atomic mass is 79.9. The summed E-state index contributed by atoms with van der Waals surface area (Å²) in [6.07, 6.45) is 7.58. The van der Waals surface area contributed by atoms with Crippen molar-refractivity contribution in [1.82, 2.24) is 10.1 Å². The number of rotatable bonds is 3. The zero-order chi connectivity index (χ0) is 15.2. The van der Waals surface area contributed by atoms with Gasteiger partial charge in [-0.15, -0.1) is 12.4 Å². The number of nitrogens with two attached hydrogens (primary N) is 1. The average molecular weight is 399 g/mol. The van der Waals surface area contributed by atoms with Gasteiger partial charge in [0.1, 0.15) is 0 Å². The number of hydrogen-bond donors (Lipinski definition) is 1. The van der Waals surface area contributed by atoms with E-state index in [1.165, 1.54) is 18.4 Å². The van der Waals surface area contributed by atoms with Crippen molar-refractivity contribution < 1.29 is 4.52 Å². The Hall–Kier alpha value is -0.910. The van der Waals surface area contributed by atoms with Gasteiger partial charge in [-0.25, -0.2) is 0 Å². The Morgan fingerprint density at radius 1 is 1.00 bits per heavy atom. The third kappa shape index (κ3) is 2.73. The number of benzene rings is 1. The maximum absolute atomic E-state index is 6.35. The SMILES string of the molecule is Cl.NC1(c2noc(C3(c4ccc(Br)cc4)CCCC3)n2)CCC1. The van der Waals surface area contributed by atoms with E-state index < -0.39 is 0 Å². The second kappa shape index (κ2) is 6.19. The van der Waals surface area contributed by atoms with E-state index in [2.05, 4.69) is 45.4 Å². The molecule has 2 aliphatic rings. The molecule has 0 amide bonds. The lowest BCUT2D eigenvalue weighted by Crippen LogP contribution is -2.44. The average Bonchev–Trinajstić information content (AvgIpc) is 3.15. The molecule has 23 heavy (non-hydrogen) atoms. The quantitative estimate of drug-likeness (QED) is 0.829. The van der Waals surface area contributed by atoms with Crippen LogP contribution in [0, 0.1) is 0 Å². The molecule has 2 saturated carbocycles. The van der Waals surface area contributed by atoms with Crippen LogP contribution in [-0.2, 0) is 11.0 Å². The molecule has 2 N–H and O–H groups in total. The van der Waals surface area contributed by atoms with Gasteiger partial charge < -0.3 is 10.3 Å². The molecule has 1 aromatic carbocycles. The van der Waals surface area contributed by atoms with Gasteiger partial charge >= 0.3 is 0 Å². The van der Waals surface area contributed by atoms with E-state index >= 15 is 0 Å². The van der Waals surface area contributed by atoms with Gasteiger partial charge in [0.2, 0.25) is 5.89 Å². The molecule has 124 valence electrons. The van der Waals surface area contributed by atoms with Gasteiger partial charge in [0.15, 0.2) is 5.82 Å². The van der Waals surface area contributed by atoms with E-state index in [1.807, 2.05) is 0 Å². The van der Waals surface area contributed by atoms with Crippen molar-refractivity contribution in [2.45, 2.75) is 55.9 Å². The van der Waals surface area contributed by atoms with E-state index in [-0.39, 0.29) is 23.4 Å². The molecule has 1 heterocycles. The molecule has 0 bridgehead atoms. The van der Waals surface area contributed by atoms with Crippen molar-refractivity contribution in [3.8, 4) is 0 Å². The summed E-state index contributed by atoms with van der Waals surface area (Å²) in [5.74, 6) is 1.44. The highest BCUT2D eigenvalue weighted by molar-refractivity contribution is 9.10. The smallest absolute Gasteiger partial charge is 0.237 e. The number of hydrogen-bond acceptors (Lipinski definition) is 4. The van der Waals surface area contributed by atoms with E-state index in [9.17, 15) is 0 Å². The molecule has 1 aromatic heterocycles. The van der Waals surface area contributed by atoms with E-state index in [0.717, 1.165) is 42.5 Å². The number of halogens is 2. The van der Waals surface area contributed by atoms with E-state index in [0.29, 0.717) is 5.82 Å². The maximum Gasteiger partial charge on any atom is 0.237 e. The van der Waals surface area contributed by atoms with Crippen LogP contribution in [0.25, 0.3) is 0 Å². The molecule has 0 radical (unpaired) electrons. The van der Waals surface area contributed by atoms with Crippen molar-refractivity contribution >= 4 is 28.3 Å². The third-order valence-electron chi connectivity index (χ3n) is 5.38. The fraction of sp³-hybridized carbons (Fsp3) is 0.529. The lowest BCUT2D eigenvalue weighted by atomic mass is 9.76. The van der Waals surface area contributed by atoms with Gasteiger partial charge in [0.25, 0.3) is 0 Å². The van der Waals surface area contributed by atoms with Crippen LogP contribution in [0.3, 0.4) is 0 Å². The predicted molar refractivity (Wildman–Crippen MR) is 94.7 cm³/mol. The summed E-state index contributed by atoms with van der Waals surface area (Å²) in [4.78, 5) is 4.74. The molecule has 4 nitrogen and oxygen atoms in total. The van der Waals surface area contributed by atoms with Crippen LogP contribution >= 0.6 is 28.3 Å². The summed E-state index contributed by atoms with van der Waals surface area (Å²) in [6, 6.07) is 8.51. The maximum atomic E-state index is 6.35. The molecule has 0 saturated heterocycles. The summed E-state index contributed by atoms with van der Waals surface area (Å²) in [7, 11) is 0. The van der Waals surface area contributed by atoms with Crippen molar-refractivity contribution in [3.05, 3.63) is 46.0 Å². The summed E-state index contributed by atoms with van der Waals surface area (Å²) in [5.41, 5.74) is 7.12. The Balaban J connectivity index is 0.00000156. The summed E-state index contributed by atoms with van der Waals surface area (Å²) >= 11 is 3.51. The van der Waals surface area contributed by atoms with Gasteiger partial charge in [-0.1, -0.05) is 46.1 Å². The Labute approximate surface area is 150 Å². The minimum Gasteiger partial charge on any atom is -0.338 e. The van der Waals surface area contributed by atoms with E-state index in [4.69, 9.17) is 15.2 Å². The molecular formula is C17H21BrClN3O. The molecule has 6 heteroatoms. The highest BCUT2D eigenvalue weighted by Crippen LogP contribution is 2.47. The fourth-order valence-corrected chi connectivity index (χ4v) is 4.04. The lowest BCUT2D eigenvalue weighted by Gasteiger charge is -2.34. The molecule has 0 unspecified atom stereocenters. The Morgan fingerprint density at radius 3 is 2.22 bits per heavy atom. The zero-order valence-corrected chi connectivity index (χ0v) is 15.3. The molecule has 0 aliphatic heterocycles. The minimum atomic E-state index is -0.360. The van der Waals surface area contributed by atoms with Gasteiger partial charge in [-0.05, 0) is 49.8 Å². The molecular weight excluding hydrogens is 378 g/mol. The first-order valence-corrected chi connectivity index (χ1v) is 8.81. The summed E-state index contributed by atoms with van der Waals surface area (Å²) < 4.78 is 6.79. The second-order valence-corrected chi connectivity index (χ2v) is 7.64. The first-order valence-electron chi connectivity index (χ1n) is 8.02. The van der Waals surface area contributed by atoms with Gasteiger partial charge in [-0.3, -0.25) is 0 Å². The second-order valence-electron chi connectivity index (χ2n) is 6.73. The van der Waals surface area contributed by atoms with Crippen LogP contribution in [0.15, 0.2) is 33.3 Å². The van der Waals surface area contributed by atoms with Crippen LogP contribution in [0.1, 0.15) is 62.2 Å². The van der Waals surface area contributed by atoms with Crippen LogP contribution in [0.4, 0.5) is 0 Å². The van der Waals surface area contributed by atoms with Crippen LogP contribution in [0.2, 0.25) is 0 Å². The van der Waals surface area contributed by atoms with Crippen LogP contribution in [-0.4, -0.2) is 10.1 Å². The van der Waals surface area contributed by atoms with E-state index in [1.54, 1.807) is 0 Å². The molecule has 2 fully saturated rings. The van der Waals surface area contributed by atoms with Crippen molar-refractivity contribution in [2.75, 3.05) is 0 Å². The summed E-state index contributed by atoms with van der Waals surface area (Å²) in [6.45, 7) is 0. The lowest BCUT2D eigenvalue weighted by molar-refractivity contribution is 0.227. The highest BCUT2D eigenvalue weighted by Gasteiger charge is 2.45. The predicted octanol–water partition coefficient (Wildman–Crippen LogP) is 4.45. The van der Waals surface area contributed by atoms with Gasteiger partial charge in [-0.2, -0.15) is 4.98 Å². The standard InChI is InChI=1S/C17H20BrN3O.ClH/c18-13-6-4-12(5-7-13)16(8-1-2-9-16)15-20-14(21-22-15)17(19)10-3-11-17;/h4-7H,1-3,8-11,19H2;1H. The Bertz CT molecular complexity index is 675. The Morgan fingerprint density at radius 2 is 1.65 bits per heavy atom. The topological polar surface area (TPSA) is 64.9 Å². The molecule has 0 atom stereocenters. The monoisotopic (exact) mass is 397 g/mol. The molecule has 2 aliphatic carbocycles. The number of aromatic nitrogens is 2. The van der Waals surface area contributed by atoms with Crippen molar-refractivity contribution in [3.63, 3.8) is 0 Å². The third-order valence-corrected chi connectivity index (χ3v) is 5.91. The fourth-order valence-electron chi connectivity index (χ4n) is 3.77. The normalized spacial score (nSPS) is 21.5. The van der Waals surface area contributed by atoms with Gasteiger partial charge in [0, 0.05) is 4.47 Å². The van der Waals surface area contributed by atoms with Gasteiger partial charge in [0.05, 0.1) is 11.0 Å². The van der Waals surface area contributed by atoms with Crippen molar-refractivity contribution in [1.29, 1.82) is 0 Å². The Kier molecular flexibility index (Phi) is 4.55. The molecule has 2 aromatic rings. The van der Waals surface area contributed by atoms with Crippen LogP contribution in [0.5, 0.6) is 0 Å². The summed E-state index contributed by atoms with van der Waals surface area (Å²) in [5, 5.41) is 4.22. The number of nitrogens with zero attached hydrogens (tertiary/aromatic N) is 2. The van der Waals surface area contributed by atoms with Crippen molar-refractivity contribution in [2.24, 2.45) is 5.73 Å². The van der Waals surface area contributed by atoms with Crippen LogP contribution < -0.4 is 5.73 Å². The molecule has 4 rings (SSSR count). The minimum absolute atomic E-state index is 0. The molecule has 0 spiro atoms. The largest absolute Gasteiger partial charge is 0.338 e.